The Morgan fingerprint density at radius 1 is 1.27 bits per heavy atom. The number of hydrogen-bond donors (Lipinski definition) is 1. The van der Waals surface area contributed by atoms with E-state index < -0.39 is 0 Å². The third kappa shape index (κ3) is 2.46. The molecule has 1 aromatic carbocycles. The molecule has 0 unspecified atom stereocenters. The second-order valence-electron chi connectivity index (χ2n) is 4.75. The van der Waals surface area contributed by atoms with Gasteiger partial charge in [-0.25, -0.2) is 4.98 Å². The number of pyridine rings is 1. The van der Waals surface area contributed by atoms with E-state index in [-0.39, 0.29) is 5.91 Å². The fraction of sp³-hybridized carbons (Fsp3) is 0.125. The first-order chi connectivity index (χ1) is 10.6. The van der Waals surface area contributed by atoms with E-state index in [1.54, 1.807) is 24.6 Å². The van der Waals surface area contributed by atoms with E-state index in [2.05, 4.69) is 26.2 Å². The van der Waals surface area contributed by atoms with Crippen LogP contribution in [-0.4, -0.2) is 22.4 Å². The summed E-state index contributed by atoms with van der Waals surface area (Å²) in [6.45, 7) is 1.81. The van der Waals surface area contributed by atoms with E-state index in [1.807, 2.05) is 36.4 Å². The normalized spacial score (nSPS) is 10.7. The van der Waals surface area contributed by atoms with Gasteiger partial charge in [-0.3, -0.25) is 9.20 Å². The van der Waals surface area contributed by atoms with Gasteiger partial charge in [0.1, 0.15) is 5.69 Å². The molecule has 112 valence electrons. The molecule has 2 aromatic heterocycles. The molecule has 0 saturated heterocycles. The highest BCUT2D eigenvalue weighted by molar-refractivity contribution is 9.10. The summed E-state index contributed by atoms with van der Waals surface area (Å²) in [4.78, 5) is 17.1. The Bertz CT molecular complexity index is 858. The number of benzene rings is 1. The molecule has 3 rings (SSSR count). The molecule has 1 N–H and O–H groups in total. The first-order valence-corrected chi connectivity index (χ1v) is 7.48. The molecule has 0 fully saturated rings. The average molecular weight is 360 g/mol. The SMILES string of the molecule is COc1cccn2c(C(=O)Nc3ccccc3Br)c(C)nc12. The molecule has 0 bridgehead atoms. The van der Waals surface area contributed by atoms with Gasteiger partial charge in [0, 0.05) is 10.7 Å². The van der Waals surface area contributed by atoms with E-state index in [9.17, 15) is 4.79 Å². The van der Waals surface area contributed by atoms with Crippen LogP contribution in [0, 0.1) is 6.92 Å². The Hall–Kier alpha value is -2.34. The zero-order valence-corrected chi connectivity index (χ0v) is 13.7. The molecule has 1 amide bonds. The van der Waals surface area contributed by atoms with Gasteiger partial charge in [-0.1, -0.05) is 12.1 Å². The van der Waals surface area contributed by atoms with Crippen LogP contribution in [0.3, 0.4) is 0 Å². The number of aryl methyl sites for hydroxylation is 1. The molecule has 0 aliphatic heterocycles. The molecule has 3 aromatic rings. The van der Waals surface area contributed by atoms with Crippen LogP contribution in [0.2, 0.25) is 0 Å². The number of fused-ring (bicyclic) bond motifs is 1. The largest absolute Gasteiger partial charge is 0.493 e. The van der Waals surface area contributed by atoms with Gasteiger partial charge in [-0.2, -0.15) is 0 Å². The minimum Gasteiger partial charge on any atom is -0.493 e. The predicted octanol–water partition coefficient (Wildman–Crippen LogP) is 3.67. The summed E-state index contributed by atoms with van der Waals surface area (Å²) in [7, 11) is 1.58. The van der Waals surface area contributed by atoms with Crippen LogP contribution in [0.1, 0.15) is 16.2 Å². The summed E-state index contributed by atoms with van der Waals surface area (Å²) in [6.07, 6.45) is 1.80. The van der Waals surface area contributed by atoms with Gasteiger partial charge in [0.25, 0.3) is 5.91 Å². The van der Waals surface area contributed by atoms with Crippen molar-refractivity contribution in [3.05, 3.63) is 58.5 Å². The number of aromatic nitrogens is 2. The van der Waals surface area contributed by atoms with Crippen LogP contribution in [0.15, 0.2) is 47.1 Å². The van der Waals surface area contributed by atoms with Crippen LogP contribution in [-0.2, 0) is 0 Å². The molecular weight excluding hydrogens is 346 g/mol. The number of carbonyl (C=O) groups is 1. The standard InChI is InChI=1S/C16H14BrN3O2/c1-10-14(16(21)19-12-7-4-3-6-11(12)17)20-9-5-8-13(22-2)15(20)18-10/h3-9H,1-2H3,(H,19,21). The van der Waals surface area contributed by atoms with Gasteiger partial charge in [0.05, 0.1) is 18.5 Å². The number of amides is 1. The fourth-order valence-corrected chi connectivity index (χ4v) is 2.72. The number of nitrogens with zero attached hydrogens (tertiary/aromatic N) is 2. The summed E-state index contributed by atoms with van der Waals surface area (Å²) in [5.41, 5.74) is 2.48. The minimum absolute atomic E-state index is 0.217. The molecule has 0 aliphatic rings. The number of nitrogens with one attached hydrogen (secondary N) is 1. The van der Waals surface area contributed by atoms with Gasteiger partial charge in [-0.05, 0) is 47.1 Å². The maximum Gasteiger partial charge on any atom is 0.274 e. The lowest BCUT2D eigenvalue weighted by atomic mass is 10.3. The highest BCUT2D eigenvalue weighted by Crippen LogP contribution is 2.25. The third-order valence-electron chi connectivity index (χ3n) is 3.35. The van der Waals surface area contributed by atoms with E-state index in [0.717, 1.165) is 4.47 Å². The number of halogens is 1. The molecule has 0 atom stereocenters. The summed E-state index contributed by atoms with van der Waals surface area (Å²) in [6, 6.07) is 11.1. The Morgan fingerprint density at radius 3 is 2.77 bits per heavy atom. The van der Waals surface area contributed by atoms with Crippen molar-refractivity contribution < 1.29 is 9.53 Å². The lowest BCUT2D eigenvalue weighted by Gasteiger charge is -2.08. The topological polar surface area (TPSA) is 55.6 Å². The number of para-hydroxylation sites is 1. The van der Waals surface area contributed by atoms with Crippen LogP contribution >= 0.6 is 15.9 Å². The lowest BCUT2D eigenvalue weighted by molar-refractivity contribution is 0.102. The Kier molecular flexibility index (Phi) is 3.85. The number of rotatable bonds is 3. The highest BCUT2D eigenvalue weighted by Gasteiger charge is 2.19. The molecule has 5 nitrogen and oxygen atoms in total. The van der Waals surface area contributed by atoms with Gasteiger partial charge in [0.15, 0.2) is 11.4 Å². The molecule has 0 aliphatic carbocycles. The van der Waals surface area contributed by atoms with Gasteiger partial charge in [-0.15, -0.1) is 0 Å². The van der Waals surface area contributed by atoms with Crippen molar-refractivity contribution in [2.24, 2.45) is 0 Å². The van der Waals surface area contributed by atoms with Crippen LogP contribution in [0.4, 0.5) is 5.69 Å². The van der Waals surface area contributed by atoms with E-state index in [1.165, 1.54) is 0 Å². The zero-order chi connectivity index (χ0) is 15.7. The zero-order valence-electron chi connectivity index (χ0n) is 12.1. The van der Waals surface area contributed by atoms with E-state index in [0.29, 0.717) is 28.5 Å². The number of anilines is 1. The molecule has 6 heteroatoms. The van der Waals surface area contributed by atoms with Crippen molar-refractivity contribution in [2.75, 3.05) is 12.4 Å². The first kappa shape index (κ1) is 14.6. The maximum absolute atomic E-state index is 12.6. The van der Waals surface area contributed by atoms with Gasteiger partial charge < -0.3 is 10.1 Å². The van der Waals surface area contributed by atoms with E-state index >= 15 is 0 Å². The maximum atomic E-state index is 12.6. The van der Waals surface area contributed by atoms with Crippen molar-refractivity contribution in [1.82, 2.24) is 9.38 Å². The van der Waals surface area contributed by atoms with Crippen molar-refractivity contribution in [2.45, 2.75) is 6.92 Å². The lowest BCUT2D eigenvalue weighted by Crippen LogP contribution is -2.15. The van der Waals surface area contributed by atoms with Crippen molar-refractivity contribution in [1.29, 1.82) is 0 Å². The highest BCUT2D eigenvalue weighted by atomic mass is 79.9. The van der Waals surface area contributed by atoms with Crippen LogP contribution in [0.5, 0.6) is 5.75 Å². The Morgan fingerprint density at radius 2 is 2.05 bits per heavy atom. The molecule has 2 heterocycles. The minimum atomic E-state index is -0.217. The van der Waals surface area contributed by atoms with Crippen LogP contribution < -0.4 is 10.1 Å². The monoisotopic (exact) mass is 359 g/mol. The molecule has 0 saturated carbocycles. The van der Waals surface area contributed by atoms with Gasteiger partial charge >= 0.3 is 0 Å². The fourth-order valence-electron chi connectivity index (χ4n) is 2.33. The van der Waals surface area contributed by atoms with E-state index in [4.69, 9.17) is 4.74 Å². The molecule has 22 heavy (non-hydrogen) atoms. The third-order valence-corrected chi connectivity index (χ3v) is 4.04. The van der Waals surface area contributed by atoms with Crippen molar-refractivity contribution in [3.8, 4) is 5.75 Å². The molecule has 0 radical (unpaired) electrons. The van der Waals surface area contributed by atoms with Crippen molar-refractivity contribution in [3.63, 3.8) is 0 Å². The number of imidazole rings is 1. The second-order valence-corrected chi connectivity index (χ2v) is 5.60. The van der Waals surface area contributed by atoms with Crippen LogP contribution in [0.25, 0.3) is 5.65 Å². The smallest absolute Gasteiger partial charge is 0.274 e. The summed E-state index contributed by atoms with van der Waals surface area (Å²) < 4.78 is 7.85. The quantitative estimate of drug-likeness (QED) is 0.776. The molecule has 0 spiro atoms. The summed E-state index contributed by atoms with van der Waals surface area (Å²) >= 11 is 3.42. The second kappa shape index (κ2) is 5.81. The molecular formula is C16H14BrN3O2. The average Bonchev–Trinajstić information content (AvgIpc) is 2.85. The summed E-state index contributed by atoms with van der Waals surface area (Å²) in [5.74, 6) is 0.413. The number of methoxy groups -OCH3 is 1. The Labute approximate surface area is 136 Å². The number of carbonyl (C=O) groups excluding carboxylic acids is 1. The Balaban J connectivity index is 2.05. The summed E-state index contributed by atoms with van der Waals surface area (Å²) in [5, 5.41) is 2.90. The van der Waals surface area contributed by atoms with Gasteiger partial charge in [0.2, 0.25) is 0 Å². The van der Waals surface area contributed by atoms with Crippen molar-refractivity contribution >= 4 is 33.2 Å². The first-order valence-electron chi connectivity index (χ1n) is 6.69. The predicted molar refractivity (Wildman–Crippen MR) is 88.6 cm³/mol. The number of hydrogen-bond acceptors (Lipinski definition) is 3. The number of ether oxygens (including phenoxy) is 1.